The second kappa shape index (κ2) is 4.05. The zero-order valence-corrected chi connectivity index (χ0v) is 4.68. The molecule has 0 rings (SSSR count). The van der Waals surface area contributed by atoms with Crippen LogP contribution in [0.5, 0.6) is 0 Å². The lowest BCUT2D eigenvalue weighted by molar-refractivity contribution is -0.108. The lowest BCUT2D eigenvalue weighted by Crippen LogP contribution is -2.15. The van der Waals surface area contributed by atoms with Crippen molar-refractivity contribution in [2.75, 3.05) is 13.8 Å². The molecule has 0 saturated heterocycles. The third-order valence-electron chi connectivity index (χ3n) is 0.663. The molecule has 0 heterocycles. The summed E-state index contributed by atoms with van der Waals surface area (Å²) in [5, 5.41) is 0. The van der Waals surface area contributed by atoms with Gasteiger partial charge in [-0.3, -0.25) is 0 Å². The Balaban J connectivity index is 2.83. The van der Waals surface area contributed by atoms with Crippen LogP contribution in [0.3, 0.4) is 0 Å². The van der Waals surface area contributed by atoms with Crippen molar-refractivity contribution in [1.29, 1.82) is 0 Å². The lowest BCUT2D eigenvalue weighted by Gasteiger charge is -2.06. The highest BCUT2D eigenvalue weighted by Crippen LogP contribution is 1.85. The Morgan fingerprint density at radius 3 is 2.43 bits per heavy atom. The average molecular weight is 105 g/mol. The van der Waals surface area contributed by atoms with Crippen LogP contribution in [0.2, 0.25) is 0 Å². The highest BCUT2D eigenvalue weighted by atomic mass is 16.7. The molecule has 0 fully saturated rings. The molecule has 0 aromatic rings. The minimum Gasteiger partial charge on any atom is -0.356 e. The van der Waals surface area contributed by atoms with E-state index in [-0.39, 0.29) is 13.0 Å². The molecule has 3 nitrogen and oxygen atoms in total. The Bertz CT molecular complexity index is 40.7. The summed E-state index contributed by atoms with van der Waals surface area (Å²) in [5.74, 6) is 0. The average Bonchev–Trinajstić information content (AvgIpc) is 1.68. The predicted molar refractivity (Wildman–Crippen MR) is 26.6 cm³/mol. The highest BCUT2D eigenvalue weighted by molar-refractivity contribution is 4.21. The maximum Gasteiger partial charge on any atom is 0.156 e. The van der Waals surface area contributed by atoms with Crippen molar-refractivity contribution in [3.05, 3.63) is 0 Å². The molecule has 7 heavy (non-hydrogen) atoms. The van der Waals surface area contributed by atoms with Gasteiger partial charge in [0.2, 0.25) is 0 Å². The molecule has 0 aliphatic heterocycles. The van der Waals surface area contributed by atoms with Gasteiger partial charge in [0.25, 0.3) is 0 Å². The number of nitrogens with two attached hydrogens (primary N) is 1. The van der Waals surface area contributed by atoms with Crippen LogP contribution in [-0.4, -0.2) is 20.1 Å². The summed E-state index contributed by atoms with van der Waals surface area (Å²) in [6.07, 6.45) is -0.176. The standard InChI is InChI=1S/C4H11NO2/c1-4(6-2)7-3-5/h4H,3,5H2,1-2H3. The molecule has 1 atom stereocenters. The quantitative estimate of drug-likeness (QED) is 0.510. The van der Waals surface area contributed by atoms with Crippen molar-refractivity contribution in [3.8, 4) is 0 Å². The maximum absolute atomic E-state index is 5.00. The lowest BCUT2D eigenvalue weighted by atomic mass is 10.8. The number of rotatable bonds is 3. The molecular formula is C4H11NO2. The summed E-state index contributed by atoms with van der Waals surface area (Å²) >= 11 is 0. The van der Waals surface area contributed by atoms with Crippen LogP contribution in [0, 0.1) is 0 Å². The van der Waals surface area contributed by atoms with E-state index >= 15 is 0 Å². The van der Waals surface area contributed by atoms with Gasteiger partial charge in [-0.1, -0.05) is 0 Å². The van der Waals surface area contributed by atoms with Gasteiger partial charge in [0.1, 0.15) is 0 Å². The van der Waals surface area contributed by atoms with Crippen molar-refractivity contribution in [2.45, 2.75) is 13.2 Å². The van der Waals surface area contributed by atoms with Gasteiger partial charge in [-0.25, -0.2) is 0 Å². The molecule has 0 spiro atoms. The molecule has 0 amide bonds. The van der Waals surface area contributed by atoms with Gasteiger partial charge in [0.15, 0.2) is 6.29 Å². The van der Waals surface area contributed by atoms with Crippen LogP contribution in [0.4, 0.5) is 0 Å². The van der Waals surface area contributed by atoms with E-state index < -0.39 is 0 Å². The minimum absolute atomic E-state index is 0.176. The van der Waals surface area contributed by atoms with Gasteiger partial charge < -0.3 is 15.2 Å². The van der Waals surface area contributed by atoms with Crippen LogP contribution >= 0.6 is 0 Å². The zero-order chi connectivity index (χ0) is 5.70. The Kier molecular flexibility index (Phi) is 3.98. The molecule has 0 aliphatic rings. The molecule has 0 aliphatic carbocycles. The predicted octanol–water partition coefficient (Wildman–Crippen LogP) is -0.0884. The van der Waals surface area contributed by atoms with Gasteiger partial charge >= 0.3 is 0 Å². The van der Waals surface area contributed by atoms with Crippen LogP contribution in [0.1, 0.15) is 6.92 Å². The van der Waals surface area contributed by atoms with Gasteiger partial charge in [0, 0.05) is 7.11 Å². The molecular weight excluding hydrogens is 94.0 g/mol. The van der Waals surface area contributed by atoms with Gasteiger partial charge in [-0.2, -0.15) is 0 Å². The SMILES string of the molecule is COC(C)OCN. The number of hydrogen-bond donors (Lipinski definition) is 1. The van der Waals surface area contributed by atoms with E-state index in [0.29, 0.717) is 0 Å². The molecule has 0 radical (unpaired) electrons. The largest absolute Gasteiger partial charge is 0.356 e. The first-order valence-corrected chi connectivity index (χ1v) is 2.15. The third kappa shape index (κ3) is 3.72. The van der Waals surface area contributed by atoms with Crippen LogP contribution in [0.25, 0.3) is 0 Å². The molecule has 44 valence electrons. The molecule has 1 unspecified atom stereocenters. The van der Waals surface area contributed by atoms with Crippen LogP contribution < -0.4 is 5.73 Å². The second-order valence-corrected chi connectivity index (χ2v) is 1.14. The van der Waals surface area contributed by atoms with Gasteiger partial charge in [-0.05, 0) is 6.92 Å². The zero-order valence-electron chi connectivity index (χ0n) is 4.68. The first kappa shape index (κ1) is 6.88. The molecule has 3 heteroatoms. The van der Waals surface area contributed by atoms with E-state index in [9.17, 15) is 0 Å². The fraction of sp³-hybridized carbons (Fsp3) is 1.00. The summed E-state index contributed by atoms with van der Waals surface area (Å²) in [6.45, 7) is 2.00. The van der Waals surface area contributed by atoms with Crippen molar-refractivity contribution in [1.82, 2.24) is 0 Å². The summed E-state index contributed by atoms with van der Waals surface area (Å²) < 4.78 is 9.43. The number of hydrogen-bond acceptors (Lipinski definition) is 3. The molecule has 0 aromatic heterocycles. The number of ether oxygens (including phenoxy) is 2. The van der Waals surface area contributed by atoms with Crippen molar-refractivity contribution < 1.29 is 9.47 Å². The fourth-order valence-electron chi connectivity index (χ4n) is 0.204. The summed E-state index contributed by atoms with van der Waals surface area (Å²) in [5.41, 5.74) is 5.00. The highest BCUT2D eigenvalue weighted by Gasteiger charge is 1.91. The Labute approximate surface area is 43.4 Å². The Morgan fingerprint density at radius 1 is 1.71 bits per heavy atom. The molecule has 0 saturated carbocycles. The molecule has 2 N–H and O–H groups in total. The minimum atomic E-state index is -0.176. The fourth-order valence-corrected chi connectivity index (χ4v) is 0.204. The maximum atomic E-state index is 5.00. The number of methoxy groups -OCH3 is 1. The van der Waals surface area contributed by atoms with Crippen molar-refractivity contribution in [3.63, 3.8) is 0 Å². The molecule has 0 bridgehead atoms. The monoisotopic (exact) mass is 105 g/mol. The van der Waals surface area contributed by atoms with Crippen LogP contribution in [-0.2, 0) is 9.47 Å². The molecule has 0 aromatic carbocycles. The first-order valence-electron chi connectivity index (χ1n) is 2.15. The Hall–Kier alpha value is -0.120. The van der Waals surface area contributed by atoms with Crippen LogP contribution in [0.15, 0.2) is 0 Å². The smallest absolute Gasteiger partial charge is 0.156 e. The van der Waals surface area contributed by atoms with E-state index in [1.807, 2.05) is 0 Å². The van der Waals surface area contributed by atoms with E-state index in [2.05, 4.69) is 4.74 Å². The third-order valence-corrected chi connectivity index (χ3v) is 0.663. The van der Waals surface area contributed by atoms with E-state index in [1.54, 1.807) is 14.0 Å². The van der Waals surface area contributed by atoms with E-state index in [1.165, 1.54) is 0 Å². The van der Waals surface area contributed by atoms with Gasteiger partial charge in [-0.15, -0.1) is 0 Å². The topological polar surface area (TPSA) is 44.5 Å². The van der Waals surface area contributed by atoms with E-state index in [0.717, 1.165) is 0 Å². The summed E-state index contributed by atoms with van der Waals surface area (Å²) in [4.78, 5) is 0. The van der Waals surface area contributed by atoms with Gasteiger partial charge in [0.05, 0.1) is 6.73 Å². The Morgan fingerprint density at radius 2 is 2.29 bits per heavy atom. The van der Waals surface area contributed by atoms with E-state index in [4.69, 9.17) is 10.5 Å². The normalized spacial score (nSPS) is 14.1. The van der Waals surface area contributed by atoms with Crippen molar-refractivity contribution >= 4 is 0 Å². The van der Waals surface area contributed by atoms with Crippen molar-refractivity contribution in [2.24, 2.45) is 5.73 Å². The second-order valence-electron chi connectivity index (χ2n) is 1.14. The summed E-state index contributed by atoms with van der Waals surface area (Å²) in [6, 6.07) is 0. The summed E-state index contributed by atoms with van der Waals surface area (Å²) in [7, 11) is 1.57. The first-order chi connectivity index (χ1) is 3.31.